The van der Waals surface area contributed by atoms with E-state index >= 15 is 0 Å². The molecule has 1 N–H and O–H groups in total. The van der Waals surface area contributed by atoms with E-state index in [4.69, 9.17) is 9.84 Å². The lowest BCUT2D eigenvalue weighted by Gasteiger charge is -2.47. The van der Waals surface area contributed by atoms with Crippen LogP contribution < -0.4 is 5.56 Å². The lowest BCUT2D eigenvalue weighted by atomic mass is 9.95. The van der Waals surface area contributed by atoms with E-state index in [1.165, 1.54) is 21.7 Å². The summed E-state index contributed by atoms with van der Waals surface area (Å²) in [5.41, 5.74) is -0.553. The minimum absolute atomic E-state index is 0.249. The molecule has 0 saturated carbocycles. The molecule has 2 rings (SSSR count). The number of amides is 1. The summed E-state index contributed by atoms with van der Waals surface area (Å²) in [5.74, 6) is -1.29. The van der Waals surface area contributed by atoms with Crippen LogP contribution in [0.25, 0.3) is 0 Å². The Kier molecular flexibility index (Phi) is 3.63. The van der Waals surface area contributed by atoms with E-state index in [2.05, 4.69) is 0 Å². The number of aryl methyl sites for hydroxylation is 1. The molecule has 0 bridgehead atoms. The predicted octanol–water partition coefficient (Wildman–Crippen LogP) is -0.299. The minimum Gasteiger partial charge on any atom is -0.480 e. The number of hydrogen-bond acceptors (Lipinski definition) is 4. The Balaban J connectivity index is 1.98. The van der Waals surface area contributed by atoms with Crippen molar-refractivity contribution in [2.45, 2.75) is 12.5 Å². The largest absolute Gasteiger partial charge is 0.480 e. The van der Waals surface area contributed by atoms with Gasteiger partial charge in [-0.05, 0) is 13.0 Å². The molecule has 0 unspecified atom stereocenters. The molecule has 20 heavy (non-hydrogen) atoms. The highest BCUT2D eigenvalue weighted by molar-refractivity contribution is 5.94. The van der Waals surface area contributed by atoms with Gasteiger partial charge in [0.2, 0.25) is 0 Å². The van der Waals surface area contributed by atoms with Crippen molar-refractivity contribution in [3.8, 4) is 0 Å². The summed E-state index contributed by atoms with van der Waals surface area (Å²) in [5, 5.41) is 8.56. The smallest absolute Gasteiger partial charge is 0.329 e. The van der Waals surface area contributed by atoms with Crippen LogP contribution in [-0.4, -0.2) is 51.7 Å². The Hall–Kier alpha value is -2.15. The number of pyridine rings is 1. The van der Waals surface area contributed by atoms with Crippen LogP contribution >= 0.6 is 0 Å². The second-order valence-corrected chi connectivity index (χ2v) is 5.16. The van der Waals surface area contributed by atoms with Gasteiger partial charge in [-0.25, -0.2) is 4.79 Å². The number of carbonyl (C=O) groups excluding carboxylic acids is 1. The number of rotatable bonds is 4. The van der Waals surface area contributed by atoms with Gasteiger partial charge in [0, 0.05) is 24.9 Å². The van der Waals surface area contributed by atoms with Crippen LogP contribution in [0.15, 0.2) is 23.1 Å². The quantitative estimate of drug-likeness (QED) is 0.818. The van der Waals surface area contributed by atoms with Gasteiger partial charge in [0.05, 0.1) is 13.1 Å². The SMILES string of the molecule is Cn1ccc(C(=O)N2CC(C)(OCC(=O)O)C2)cc1=O. The Morgan fingerprint density at radius 1 is 1.45 bits per heavy atom. The molecule has 7 heteroatoms. The summed E-state index contributed by atoms with van der Waals surface area (Å²) in [6, 6.07) is 2.87. The van der Waals surface area contributed by atoms with Crippen LogP contribution in [0.2, 0.25) is 0 Å². The van der Waals surface area contributed by atoms with Gasteiger partial charge in [-0.15, -0.1) is 0 Å². The van der Waals surface area contributed by atoms with Crippen molar-refractivity contribution in [1.29, 1.82) is 0 Å². The van der Waals surface area contributed by atoms with Gasteiger partial charge in [-0.1, -0.05) is 0 Å². The van der Waals surface area contributed by atoms with E-state index in [1.54, 1.807) is 20.0 Å². The molecule has 0 aromatic carbocycles. The van der Waals surface area contributed by atoms with Crippen LogP contribution in [0.5, 0.6) is 0 Å². The molecule has 1 fully saturated rings. The second kappa shape index (κ2) is 5.09. The van der Waals surface area contributed by atoms with Gasteiger partial charge >= 0.3 is 5.97 Å². The number of hydrogen-bond donors (Lipinski definition) is 1. The van der Waals surface area contributed by atoms with Crippen molar-refractivity contribution in [3.63, 3.8) is 0 Å². The maximum Gasteiger partial charge on any atom is 0.329 e. The summed E-state index contributed by atoms with van der Waals surface area (Å²) in [4.78, 5) is 35.6. The Bertz CT molecular complexity index is 601. The molecule has 1 amide bonds. The maximum absolute atomic E-state index is 12.1. The lowest BCUT2D eigenvalue weighted by molar-refractivity contribution is -0.159. The van der Waals surface area contributed by atoms with Crippen LogP contribution in [-0.2, 0) is 16.6 Å². The maximum atomic E-state index is 12.1. The highest BCUT2D eigenvalue weighted by Crippen LogP contribution is 2.26. The van der Waals surface area contributed by atoms with E-state index in [-0.39, 0.29) is 18.1 Å². The molecular weight excluding hydrogens is 264 g/mol. The van der Waals surface area contributed by atoms with E-state index in [0.717, 1.165) is 0 Å². The molecule has 1 aromatic rings. The molecule has 108 valence electrons. The van der Waals surface area contributed by atoms with Gasteiger partial charge < -0.3 is 19.3 Å². The van der Waals surface area contributed by atoms with Crippen molar-refractivity contribution in [3.05, 3.63) is 34.2 Å². The van der Waals surface area contributed by atoms with Gasteiger partial charge in [-0.2, -0.15) is 0 Å². The molecule has 1 aliphatic heterocycles. The Labute approximate surface area is 115 Å². The molecule has 1 aromatic heterocycles. The standard InChI is InChI=1S/C13H16N2O5/c1-13(20-6-11(17)18)7-15(8-13)12(19)9-3-4-14(2)10(16)5-9/h3-5H,6-8H2,1-2H3,(H,17,18). The molecular formula is C13H16N2O5. The molecule has 2 heterocycles. The first-order valence-electron chi connectivity index (χ1n) is 6.12. The number of likely N-dealkylation sites (tertiary alicyclic amines) is 1. The average Bonchev–Trinajstić information content (AvgIpc) is 2.35. The third-order valence-corrected chi connectivity index (χ3v) is 3.23. The number of carbonyl (C=O) groups is 2. The van der Waals surface area contributed by atoms with Gasteiger partial charge in [0.1, 0.15) is 12.2 Å². The number of carboxylic acids is 1. The Morgan fingerprint density at radius 3 is 2.65 bits per heavy atom. The summed E-state index contributed by atoms with van der Waals surface area (Å²) in [7, 11) is 1.61. The zero-order chi connectivity index (χ0) is 14.9. The fourth-order valence-electron chi connectivity index (χ4n) is 2.10. The molecule has 1 saturated heterocycles. The number of nitrogens with zero attached hydrogens (tertiary/aromatic N) is 2. The first-order valence-corrected chi connectivity index (χ1v) is 6.12. The van der Waals surface area contributed by atoms with Crippen molar-refractivity contribution < 1.29 is 19.4 Å². The molecule has 1 aliphatic rings. The zero-order valence-corrected chi connectivity index (χ0v) is 11.3. The molecule has 0 atom stereocenters. The van der Waals surface area contributed by atoms with E-state index in [0.29, 0.717) is 18.7 Å². The normalized spacial score (nSPS) is 16.6. The Morgan fingerprint density at radius 2 is 2.10 bits per heavy atom. The van der Waals surface area contributed by atoms with Crippen molar-refractivity contribution >= 4 is 11.9 Å². The average molecular weight is 280 g/mol. The third kappa shape index (κ3) is 2.88. The first kappa shape index (κ1) is 14.3. The number of aliphatic carboxylic acids is 1. The number of aromatic nitrogens is 1. The van der Waals surface area contributed by atoms with E-state index in [1.807, 2.05) is 0 Å². The van der Waals surface area contributed by atoms with Gasteiger partial charge in [0.15, 0.2) is 0 Å². The monoisotopic (exact) mass is 280 g/mol. The predicted molar refractivity (Wildman–Crippen MR) is 69.6 cm³/mol. The third-order valence-electron chi connectivity index (χ3n) is 3.23. The lowest BCUT2D eigenvalue weighted by Crippen LogP contribution is -2.63. The second-order valence-electron chi connectivity index (χ2n) is 5.16. The summed E-state index contributed by atoms with van der Waals surface area (Å²) < 4.78 is 6.61. The van der Waals surface area contributed by atoms with E-state index < -0.39 is 11.6 Å². The summed E-state index contributed by atoms with van der Waals surface area (Å²) >= 11 is 0. The first-order chi connectivity index (χ1) is 9.31. The van der Waals surface area contributed by atoms with Crippen molar-refractivity contribution in [2.75, 3.05) is 19.7 Å². The fourth-order valence-corrected chi connectivity index (χ4v) is 2.10. The van der Waals surface area contributed by atoms with Crippen molar-refractivity contribution in [2.24, 2.45) is 7.05 Å². The topological polar surface area (TPSA) is 88.8 Å². The van der Waals surface area contributed by atoms with Gasteiger partial charge in [0.25, 0.3) is 11.5 Å². The summed E-state index contributed by atoms with van der Waals surface area (Å²) in [6.07, 6.45) is 1.54. The van der Waals surface area contributed by atoms with Crippen LogP contribution in [0, 0.1) is 0 Å². The van der Waals surface area contributed by atoms with Crippen molar-refractivity contribution in [1.82, 2.24) is 9.47 Å². The van der Waals surface area contributed by atoms with E-state index in [9.17, 15) is 14.4 Å². The molecule has 0 aliphatic carbocycles. The number of ether oxygens (including phenoxy) is 1. The van der Waals surface area contributed by atoms with Crippen LogP contribution in [0.1, 0.15) is 17.3 Å². The highest BCUT2D eigenvalue weighted by Gasteiger charge is 2.43. The van der Waals surface area contributed by atoms with Crippen LogP contribution in [0.3, 0.4) is 0 Å². The number of carboxylic acid groups (broad SMARTS) is 1. The van der Waals surface area contributed by atoms with Gasteiger partial charge in [-0.3, -0.25) is 9.59 Å². The molecule has 7 nitrogen and oxygen atoms in total. The van der Waals surface area contributed by atoms with Crippen LogP contribution in [0.4, 0.5) is 0 Å². The molecule has 0 spiro atoms. The summed E-state index contributed by atoms with van der Waals surface area (Å²) in [6.45, 7) is 2.00. The molecule has 0 radical (unpaired) electrons. The zero-order valence-electron chi connectivity index (χ0n) is 11.3. The fraction of sp³-hybridized carbons (Fsp3) is 0.462. The minimum atomic E-state index is -1.04. The highest BCUT2D eigenvalue weighted by atomic mass is 16.5.